The van der Waals surface area contributed by atoms with Gasteiger partial charge in [-0.2, -0.15) is 8.42 Å². The number of amides is 3. The van der Waals surface area contributed by atoms with Gasteiger partial charge in [0.15, 0.2) is 0 Å². The van der Waals surface area contributed by atoms with Crippen LogP contribution in [0.4, 0.5) is 17.1 Å². The highest BCUT2D eigenvalue weighted by Crippen LogP contribution is 2.33. The monoisotopic (exact) mass is 595 g/mol. The molecule has 0 aromatic heterocycles. The normalized spacial score (nSPS) is 13.8. The minimum absolute atomic E-state index is 0.154. The average molecular weight is 596 g/mol. The van der Waals surface area contributed by atoms with Crippen LogP contribution in [0.2, 0.25) is 5.02 Å². The number of nitrogens with one attached hydrogen (secondary N) is 2. The Morgan fingerprint density at radius 1 is 0.850 bits per heavy atom. The minimum Gasteiger partial charge on any atom is -0.349 e. The molecule has 3 amide bonds. The van der Waals surface area contributed by atoms with E-state index in [1.807, 2.05) is 0 Å². The number of benzene rings is 4. The molecule has 1 heterocycles. The lowest BCUT2D eigenvalue weighted by molar-refractivity contribution is -0.120. The highest BCUT2D eigenvalue weighted by molar-refractivity contribution is 7.86. The second-order valence-electron chi connectivity index (χ2n) is 8.86. The second-order valence-corrected chi connectivity index (χ2v) is 11.1. The van der Waals surface area contributed by atoms with Gasteiger partial charge in [-0.3, -0.25) is 18.9 Å². The molecule has 0 saturated carbocycles. The molecule has 12 heteroatoms. The van der Waals surface area contributed by atoms with E-state index in [0.717, 1.165) is 4.90 Å². The molecule has 9 nitrogen and oxygen atoms in total. The molecule has 1 aliphatic rings. The van der Waals surface area contributed by atoms with Crippen LogP contribution in [0.3, 0.4) is 0 Å². The SMILES string of the molecule is Cc1ccc(C(=O)Nc2cccc3c(S(=O)(=O)O)cccc23)cc1NC1=C(Cl)C(=O)N(c2cccc(Cl)c2)C1=O. The van der Waals surface area contributed by atoms with Gasteiger partial charge in [0.05, 0.1) is 5.69 Å². The molecule has 0 radical (unpaired) electrons. The summed E-state index contributed by atoms with van der Waals surface area (Å²) < 4.78 is 33.1. The number of carbonyl (C=O) groups excluding carboxylic acids is 3. The van der Waals surface area contributed by atoms with E-state index in [2.05, 4.69) is 10.6 Å². The van der Waals surface area contributed by atoms with Crippen molar-refractivity contribution in [2.24, 2.45) is 0 Å². The van der Waals surface area contributed by atoms with Gasteiger partial charge in [0, 0.05) is 32.7 Å². The summed E-state index contributed by atoms with van der Waals surface area (Å²) in [5, 5.41) is 6.32. The predicted octanol–water partition coefficient (Wildman–Crippen LogP) is 5.74. The topological polar surface area (TPSA) is 133 Å². The van der Waals surface area contributed by atoms with Crippen molar-refractivity contribution in [1.29, 1.82) is 0 Å². The standard InChI is InChI=1S/C28H19Cl2N3O6S/c1-15-11-12-16(26(34)32-21-9-3-8-20-19(21)7-4-10-23(20)40(37,38)39)13-22(15)31-25-24(30)27(35)33(28(25)36)18-6-2-5-17(29)14-18/h2-14,31H,1H3,(H,32,34)(H,37,38,39). The van der Waals surface area contributed by atoms with Gasteiger partial charge in [-0.15, -0.1) is 0 Å². The van der Waals surface area contributed by atoms with Crippen LogP contribution in [0.5, 0.6) is 0 Å². The van der Waals surface area contributed by atoms with Crippen LogP contribution in [0.1, 0.15) is 15.9 Å². The summed E-state index contributed by atoms with van der Waals surface area (Å²) in [5.74, 6) is -1.93. The highest BCUT2D eigenvalue weighted by Gasteiger charge is 2.39. The number of halogens is 2. The molecule has 3 N–H and O–H groups in total. The quantitative estimate of drug-likeness (QED) is 0.191. The Labute approximate surface area is 238 Å². The zero-order chi connectivity index (χ0) is 28.8. The molecular formula is C28H19Cl2N3O6S. The van der Waals surface area contributed by atoms with Gasteiger partial charge in [-0.25, -0.2) is 4.90 Å². The maximum absolute atomic E-state index is 13.2. The molecule has 202 valence electrons. The van der Waals surface area contributed by atoms with E-state index in [1.54, 1.807) is 55.5 Å². The van der Waals surface area contributed by atoms with Crippen molar-refractivity contribution in [2.45, 2.75) is 11.8 Å². The highest BCUT2D eigenvalue weighted by atomic mass is 35.5. The summed E-state index contributed by atoms with van der Waals surface area (Å²) in [6.45, 7) is 1.75. The van der Waals surface area contributed by atoms with E-state index in [1.165, 1.54) is 30.3 Å². The number of carbonyl (C=O) groups is 3. The minimum atomic E-state index is -4.48. The number of nitrogens with zero attached hydrogens (tertiary/aromatic N) is 1. The van der Waals surface area contributed by atoms with Gasteiger partial charge >= 0.3 is 0 Å². The molecule has 0 aliphatic carbocycles. The zero-order valence-electron chi connectivity index (χ0n) is 20.6. The number of hydrogen-bond acceptors (Lipinski definition) is 6. The Bertz CT molecular complexity index is 1890. The Morgan fingerprint density at radius 3 is 2.27 bits per heavy atom. The number of hydrogen-bond donors (Lipinski definition) is 3. The first kappa shape index (κ1) is 27.4. The first-order valence-corrected chi connectivity index (χ1v) is 13.9. The first-order valence-electron chi connectivity index (χ1n) is 11.7. The summed E-state index contributed by atoms with van der Waals surface area (Å²) in [5.41, 5.74) is 1.66. The fourth-order valence-corrected chi connectivity index (χ4v) is 5.41. The third-order valence-corrected chi connectivity index (χ3v) is 7.76. The molecule has 0 saturated heterocycles. The van der Waals surface area contributed by atoms with Crippen molar-refractivity contribution >= 4 is 78.9 Å². The van der Waals surface area contributed by atoms with Crippen molar-refractivity contribution in [3.63, 3.8) is 0 Å². The van der Waals surface area contributed by atoms with Crippen LogP contribution in [-0.2, 0) is 19.7 Å². The Hall–Kier alpha value is -4.22. The lowest BCUT2D eigenvalue weighted by Crippen LogP contribution is -2.32. The Kier molecular flexibility index (Phi) is 7.11. The molecule has 0 spiro atoms. The van der Waals surface area contributed by atoms with E-state index < -0.39 is 27.8 Å². The molecule has 1 aliphatic heterocycles. The van der Waals surface area contributed by atoms with Crippen LogP contribution in [-0.4, -0.2) is 30.7 Å². The summed E-state index contributed by atoms with van der Waals surface area (Å²) in [6.07, 6.45) is 0. The number of anilines is 3. The van der Waals surface area contributed by atoms with Crippen LogP contribution < -0.4 is 15.5 Å². The van der Waals surface area contributed by atoms with E-state index in [4.69, 9.17) is 23.2 Å². The smallest absolute Gasteiger partial charge is 0.295 e. The molecule has 4 aromatic carbocycles. The summed E-state index contributed by atoms with van der Waals surface area (Å²) in [6, 6.07) is 20.0. The van der Waals surface area contributed by atoms with Crippen LogP contribution >= 0.6 is 23.2 Å². The average Bonchev–Trinajstić information content (AvgIpc) is 3.12. The Morgan fingerprint density at radius 2 is 1.55 bits per heavy atom. The maximum atomic E-state index is 13.2. The van der Waals surface area contributed by atoms with Crippen LogP contribution in [0, 0.1) is 6.92 Å². The van der Waals surface area contributed by atoms with Gasteiger partial charge < -0.3 is 10.6 Å². The van der Waals surface area contributed by atoms with E-state index in [9.17, 15) is 27.4 Å². The largest absolute Gasteiger partial charge is 0.349 e. The summed E-state index contributed by atoms with van der Waals surface area (Å²) in [7, 11) is -4.48. The number of aryl methyl sites for hydroxylation is 1. The summed E-state index contributed by atoms with van der Waals surface area (Å²) in [4.78, 5) is 39.8. The van der Waals surface area contributed by atoms with Crippen molar-refractivity contribution in [1.82, 2.24) is 0 Å². The van der Waals surface area contributed by atoms with Crippen molar-refractivity contribution in [3.8, 4) is 0 Å². The first-order chi connectivity index (χ1) is 19.0. The fraction of sp³-hybridized carbons (Fsp3) is 0.0357. The van der Waals surface area contributed by atoms with Gasteiger partial charge in [0.25, 0.3) is 27.8 Å². The predicted molar refractivity (Wildman–Crippen MR) is 153 cm³/mol. The summed E-state index contributed by atoms with van der Waals surface area (Å²) >= 11 is 12.3. The van der Waals surface area contributed by atoms with E-state index in [-0.39, 0.29) is 32.3 Å². The van der Waals surface area contributed by atoms with Crippen molar-refractivity contribution in [3.05, 3.63) is 106 Å². The van der Waals surface area contributed by atoms with Crippen molar-refractivity contribution < 1.29 is 27.4 Å². The van der Waals surface area contributed by atoms with Gasteiger partial charge in [0.2, 0.25) is 0 Å². The zero-order valence-corrected chi connectivity index (χ0v) is 22.9. The number of imide groups is 1. The van der Waals surface area contributed by atoms with Crippen LogP contribution in [0.25, 0.3) is 10.8 Å². The lowest BCUT2D eigenvalue weighted by Gasteiger charge is -2.16. The second kappa shape index (κ2) is 10.4. The Balaban J connectivity index is 1.43. The molecule has 0 atom stereocenters. The lowest BCUT2D eigenvalue weighted by atomic mass is 10.1. The molecule has 0 fully saturated rings. The fourth-order valence-electron chi connectivity index (χ4n) is 4.30. The number of rotatable bonds is 6. The third kappa shape index (κ3) is 5.05. The molecule has 40 heavy (non-hydrogen) atoms. The number of fused-ring (bicyclic) bond motifs is 1. The van der Waals surface area contributed by atoms with Gasteiger partial charge in [0.1, 0.15) is 15.6 Å². The molecule has 0 unspecified atom stereocenters. The van der Waals surface area contributed by atoms with Crippen LogP contribution in [0.15, 0.2) is 94.5 Å². The van der Waals surface area contributed by atoms with E-state index in [0.29, 0.717) is 27.3 Å². The third-order valence-electron chi connectivity index (χ3n) is 6.26. The van der Waals surface area contributed by atoms with Crippen molar-refractivity contribution in [2.75, 3.05) is 15.5 Å². The van der Waals surface area contributed by atoms with Gasteiger partial charge in [-0.05, 0) is 55.0 Å². The molecule has 0 bridgehead atoms. The molecular weight excluding hydrogens is 577 g/mol. The maximum Gasteiger partial charge on any atom is 0.295 e. The van der Waals surface area contributed by atoms with Gasteiger partial charge in [-0.1, -0.05) is 59.6 Å². The molecule has 5 rings (SSSR count). The molecule has 4 aromatic rings. The van der Waals surface area contributed by atoms with E-state index >= 15 is 0 Å².